The maximum Gasteiger partial charge on any atom is 0.321 e. The largest absolute Gasteiger partial charge is 0.497 e. The minimum Gasteiger partial charge on any atom is -0.497 e. The van der Waals surface area contributed by atoms with E-state index in [0.29, 0.717) is 18.6 Å². The highest BCUT2D eigenvalue weighted by Crippen LogP contribution is 2.24. The van der Waals surface area contributed by atoms with Crippen LogP contribution in [-0.2, 0) is 4.74 Å². The number of rotatable bonds is 7. The maximum atomic E-state index is 12.7. The Labute approximate surface area is 191 Å². The molecule has 0 bridgehead atoms. The number of likely N-dealkylation sites (N-methyl/N-ethyl adjacent to an activating group) is 1. The van der Waals surface area contributed by atoms with E-state index in [-0.39, 0.29) is 12.1 Å². The van der Waals surface area contributed by atoms with Crippen molar-refractivity contribution in [2.45, 2.75) is 31.3 Å². The molecule has 9 nitrogen and oxygen atoms in total. The lowest BCUT2D eigenvalue weighted by Crippen LogP contribution is -2.51. The number of benzene rings is 1. The van der Waals surface area contributed by atoms with E-state index in [2.05, 4.69) is 10.2 Å². The van der Waals surface area contributed by atoms with Crippen molar-refractivity contribution in [1.29, 1.82) is 0 Å². The first-order valence-corrected chi connectivity index (χ1v) is 11.3. The molecule has 0 aliphatic carbocycles. The van der Waals surface area contributed by atoms with Gasteiger partial charge in [0.1, 0.15) is 5.75 Å². The predicted octanol–water partition coefficient (Wildman–Crippen LogP) is 2.40. The molecule has 0 aromatic heterocycles. The molecule has 2 aliphatic rings. The summed E-state index contributed by atoms with van der Waals surface area (Å²) in [4.78, 5) is 32.9. The number of methoxy groups -OCH3 is 1. The van der Waals surface area contributed by atoms with E-state index in [0.717, 1.165) is 63.5 Å². The Morgan fingerprint density at radius 1 is 1.06 bits per heavy atom. The number of carbonyl (C=O) groups excluding carboxylic acids is 2. The van der Waals surface area contributed by atoms with Crippen molar-refractivity contribution >= 4 is 17.7 Å². The molecule has 0 saturated carbocycles. The molecule has 1 aromatic carbocycles. The van der Waals surface area contributed by atoms with E-state index < -0.39 is 0 Å². The van der Waals surface area contributed by atoms with Gasteiger partial charge in [0.25, 0.3) is 0 Å². The number of anilines is 1. The number of hydrogen-bond donors (Lipinski definition) is 1. The van der Waals surface area contributed by atoms with Gasteiger partial charge in [0.05, 0.1) is 7.11 Å². The van der Waals surface area contributed by atoms with Crippen LogP contribution in [-0.4, -0.2) is 111 Å². The lowest BCUT2D eigenvalue weighted by molar-refractivity contribution is 0.0165. The van der Waals surface area contributed by atoms with E-state index in [1.807, 2.05) is 36.2 Å². The maximum absolute atomic E-state index is 12.7. The molecule has 2 saturated heterocycles. The fraction of sp³-hybridized carbons (Fsp3) is 0.652. The van der Waals surface area contributed by atoms with Crippen LogP contribution in [0.4, 0.5) is 15.3 Å². The molecule has 0 radical (unpaired) electrons. The number of hydrogen-bond acceptors (Lipinski definition) is 5. The zero-order chi connectivity index (χ0) is 23.1. The molecular weight excluding hydrogens is 410 g/mol. The number of carbonyl (C=O) groups is 2. The number of nitrogens with zero attached hydrogens (tertiary/aromatic N) is 4. The molecule has 1 aromatic rings. The summed E-state index contributed by atoms with van der Waals surface area (Å²) in [5.74, 6) is 0.752. The molecule has 1 N–H and O–H groups in total. The summed E-state index contributed by atoms with van der Waals surface area (Å²) >= 11 is 0. The molecular formula is C23H37N5O4. The van der Waals surface area contributed by atoms with Crippen molar-refractivity contribution in [3.8, 4) is 5.75 Å². The average Bonchev–Trinajstić information content (AvgIpc) is 3.29. The van der Waals surface area contributed by atoms with Crippen molar-refractivity contribution < 1.29 is 19.1 Å². The smallest absolute Gasteiger partial charge is 0.321 e. The minimum atomic E-state index is -0.141. The van der Waals surface area contributed by atoms with Crippen LogP contribution >= 0.6 is 0 Å². The molecule has 2 heterocycles. The van der Waals surface area contributed by atoms with E-state index in [9.17, 15) is 9.59 Å². The number of ether oxygens (including phenoxy) is 2. The number of likely N-dealkylation sites (tertiary alicyclic amines) is 1. The second-order valence-corrected chi connectivity index (χ2v) is 8.73. The van der Waals surface area contributed by atoms with Gasteiger partial charge in [0.15, 0.2) is 0 Å². The van der Waals surface area contributed by atoms with E-state index in [4.69, 9.17) is 9.47 Å². The number of urea groups is 2. The van der Waals surface area contributed by atoms with Crippen LogP contribution in [0.25, 0.3) is 0 Å². The third-order valence-corrected chi connectivity index (χ3v) is 6.33. The first-order chi connectivity index (χ1) is 15.4. The van der Waals surface area contributed by atoms with Crippen LogP contribution < -0.4 is 10.1 Å². The Morgan fingerprint density at radius 2 is 1.75 bits per heavy atom. The van der Waals surface area contributed by atoms with Gasteiger partial charge in [-0.15, -0.1) is 0 Å². The first-order valence-electron chi connectivity index (χ1n) is 11.3. The highest BCUT2D eigenvalue weighted by atomic mass is 16.5. The third-order valence-electron chi connectivity index (χ3n) is 6.33. The summed E-state index contributed by atoms with van der Waals surface area (Å²) in [6.07, 6.45) is 2.93. The van der Waals surface area contributed by atoms with Crippen molar-refractivity contribution in [1.82, 2.24) is 19.6 Å². The lowest BCUT2D eigenvalue weighted by atomic mass is 10.0. The van der Waals surface area contributed by atoms with Crippen LogP contribution in [0.5, 0.6) is 5.75 Å². The molecule has 2 fully saturated rings. The summed E-state index contributed by atoms with van der Waals surface area (Å²) in [6, 6.07) is 7.95. The van der Waals surface area contributed by atoms with E-state index in [1.165, 1.54) is 0 Å². The standard InChI is InChI=1S/C23H37N5O4/c1-25(2)23(30)27-12-9-20(17-27)28(19-10-15-32-16-11-19)14-13-26(3)22(29)24-18-5-7-21(31-4)8-6-18/h5-8,19-20H,9-17H2,1-4H3,(H,24,29). The second kappa shape index (κ2) is 11.4. The van der Waals surface area contributed by atoms with Crippen molar-refractivity contribution in [3.63, 3.8) is 0 Å². The number of nitrogens with one attached hydrogen (secondary N) is 1. The van der Waals surface area contributed by atoms with Crippen molar-refractivity contribution in [2.75, 3.05) is 73.0 Å². The summed E-state index contributed by atoms with van der Waals surface area (Å²) in [5, 5.41) is 2.93. The van der Waals surface area contributed by atoms with E-state index in [1.54, 1.807) is 31.0 Å². The van der Waals surface area contributed by atoms with Gasteiger partial charge in [-0.1, -0.05) is 0 Å². The average molecular weight is 448 g/mol. The van der Waals surface area contributed by atoms with Gasteiger partial charge < -0.3 is 29.5 Å². The highest BCUT2D eigenvalue weighted by Gasteiger charge is 2.35. The van der Waals surface area contributed by atoms with Crippen LogP contribution in [0.2, 0.25) is 0 Å². The van der Waals surface area contributed by atoms with Crippen LogP contribution in [0.1, 0.15) is 19.3 Å². The topological polar surface area (TPSA) is 77.6 Å². The summed E-state index contributed by atoms with van der Waals surface area (Å²) in [7, 11) is 7.02. The lowest BCUT2D eigenvalue weighted by Gasteiger charge is -2.39. The highest BCUT2D eigenvalue weighted by molar-refractivity contribution is 5.89. The zero-order valence-electron chi connectivity index (χ0n) is 19.7. The van der Waals surface area contributed by atoms with Gasteiger partial charge in [-0.3, -0.25) is 4.90 Å². The molecule has 3 rings (SSSR count). The minimum absolute atomic E-state index is 0.0652. The van der Waals surface area contributed by atoms with Crippen molar-refractivity contribution in [3.05, 3.63) is 24.3 Å². The predicted molar refractivity (Wildman–Crippen MR) is 124 cm³/mol. The van der Waals surface area contributed by atoms with Gasteiger partial charge in [0.2, 0.25) is 0 Å². The fourth-order valence-corrected chi connectivity index (χ4v) is 4.41. The molecule has 1 unspecified atom stereocenters. The molecule has 178 valence electrons. The Morgan fingerprint density at radius 3 is 2.38 bits per heavy atom. The van der Waals surface area contributed by atoms with Crippen LogP contribution in [0, 0.1) is 0 Å². The third kappa shape index (κ3) is 6.26. The summed E-state index contributed by atoms with van der Waals surface area (Å²) < 4.78 is 10.7. The Bertz CT molecular complexity index is 751. The Kier molecular flexibility index (Phi) is 8.58. The van der Waals surface area contributed by atoms with Gasteiger partial charge >= 0.3 is 12.1 Å². The van der Waals surface area contributed by atoms with Gasteiger partial charge in [-0.25, -0.2) is 9.59 Å². The quantitative estimate of drug-likeness (QED) is 0.695. The first kappa shape index (κ1) is 24.1. The fourth-order valence-electron chi connectivity index (χ4n) is 4.41. The molecule has 0 spiro atoms. The summed E-state index contributed by atoms with van der Waals surface area (Å²) in [5.41, 5.74) is 0.734. The Balaban J connectivity index is 1.58. The molecule has 9 heteroatoms. The van der Waals surface area contributed by atoms with Crippen molar-refractivity contribution in [2.24, 2.45) is 0 Å². The van der Waals surface area contributed by atoms with Gasteiger partial charge in [-0.05, 0) is 43.5 Å². The van der Waals surface area contributed by atoms with Gasteiger partial charge in [0, 0.05) is 78.3 Å². The summed E-state index contributed by atoms with van der Waals surface area (Å²) in [6.45, 7) is 4.42. The van der Waals surface area contributed by atoms with Crippen LogP contribution in [0.15, 0.2) is 24.3 Å². The molecule has 1 atom stereocenters. The second-order valence-electron chi connectivity index (χ2n) is 8.73. The monoisotopic (exact) mass is 447 g/mol. The zero-order valence-corrected chi connectivity index (χ0v) is 19.7. The SMILES string of the molecule is COc1ccc(NC(=O)N(C)CCN(C2CCOCC2)C2CCN(C(=O)N(C)C)C2)cc1. The molecule has 32 heavy (non-hydrogen) atoms. The van der Waals surface area contributed by atoms with E-state index >= 15 is 0 Å². The Hall–Kier alpha value is -2.52. The molecule has 4 amide bonds. The van der Waals surface area contributed by atoms with Gasteiger partial charge in [-0.2, -0.15) is 0 Å². The number of amides is 4. The molecule has 2 aliphatic heterocycles. The van der Waals surface area contributed by atoms with Crippen LogP contribution in [0.3, 0.4) is 0 Å². The normalized spacial score (nSPS) is 19.2.